The average Bonchev–Trinajstić information content (AvgIpc) is 2.87. The first-order valence-electron chi connectivity index (χ1n) is 6.81. The maximum absolute atomic E-state index is 11.3. The van der Waals surface area contributed by atoms with Gasteiger partial charge in [0.15, 0.2) is 0 Å². The number of hydrogen-bond donors (Lipinski definition) is 0. The highest BCUT2D eigenvalue weighted by atomic mass is 16.2. The minimum Gasteiger partial charge on any atom is -0.343 e. The van der Waals surface area contributed by atoms with Crippen molar-refractivity contribution in [3.05, 3.63) is 42.1 Å². The van der Waals surface area contributed by atoms with Crippen LogP contribution in [0.1, 0.15) is 18.9 Å². The van der Waals surface area contributed by atoms with E-state index in [9.17, 15) is 4.79 Å². The Labute approximate surface area is 113 Å². The highest BCUT2D eigenvalue weighted by Gasteiger charge is 2.24. The minimum atomic E-state index is 0.194. The summed E-state index contributed by atoms with van der Waals surface area (Å²) in [6, 6.07) is 10.4. The van der Waals surface area contributed by atoms with Crippen LogP contribution in [-0.2, 0) is 11.2 Å². The van der Waals surface area contributed by atoms with Gasteiger partial charge in [-0.05, 0) is 36.5 Å². The fourth-order valence-electron chi connectivity index (χ4n) is 2.85. The molecule has 1 aliphatic heterocycles. The largest absolute Gasteiger partial charge is 0.343 e. The van der Waals surface area contributed by atoms with E-state index >= 15 is 0 Å². The standard InChI is InChI=1S/C16H18N2O/c1-12(19)18-7-6-13(11-18)8-14-9-15-4-2-3-5-16(15)17-10-14/h2-5,9-10,13H,6-8,11H2,1H3. The Morgan fingerprint density at radius 3 is 3.05 bits per heavy atom. The summed E-state index contributed by atoms with van der Waals surface area (Å²) in [6.07, 6.45) is 4.09. The summed E-state index contributed by atoms with van der Waals surface area (Å²) < 4.78 is 0. The first-order valence-corrected chi connectivity index (χ1v) is 6.81. The first-order chi connectivity index (χ1) is 9.22. The molecule has 0 aliphatic carbocycles. The Morgan fingerprint density at radius 1 is 1.42 bits per heavy atom. The summed E-state index contributed by atoms with van der Waals surface area (Å²) >= 11 is 0. The molecule has 98 valence electrons. The van der Waals surface area contributed by atoms with Crippen LogP contribution in [0.15, 0.2) is 36.5 Å². The first kappa shape index (κ1) is 12.2. The molecule has 1 saturated heterocycles. The molecule has 0 saturated carbocycles. The molecule has 1 atom stereocenters. The number of amides is 1. The number of aromatic nitrogens is 1. The van der Waals surface area contributed by atoms with E-state index in [1.807, 2.05) is 29.3 Å². The van der Waals surface area contributed by atoms with Crippen LogP contribution < -0.4 is 0 Å². The lowest BCUT2D eigenvalue weighted by molar-refractivity contribution is -0.127. The van der Waals surface area contributed by atoms with Gasteiger partial charge in [0.25, 0.3) is 0 Å². The smallest absolute Gasteiger partial charge is 0.219 e. The molecule has 1 aromatic carbocycles. The third kappa shape index (κ3) is 2.60. The van der Waals surface area contributed by atoms with Crippen LogP contribution in [0.2, 0.25) is 0 Å². The van der Waals surface area contributed by atoms with Gasteiger partial charge in [-0.2, -0.15) is 0 Å². The number of carbonyl (C=O) groups is 1. The zero-order valence-corrected chi connectivity index (χ0v) is 11.2. The lowest BCUT2D eigenvalue weighted by Gasteiger charge is -2.14. The van der Waals surface area contributed by atoms with Crippen LogP contribution in [0.25, 0.3) is 10.9 Å². The SMILES string of the molecule is CC(=O)N1CCC(Cc2cnc3ccccc3c2)C1. The van der Waals surface area contributed by atoms with E-state index in [1.165, 1.54) is 10.9 Å². The van der Waals surface area contributed by atoms with Crippen molar-refractivity contribution in [1.29, 1.82) is 0 Å². The number of fused-ring (bicyclic) bond motifs is 1. The van der Waals surface area contributed by atoms with E-state index in [-0.39, 0.29) is 5.91 Å². The molecule has 3 heteroatoms. The molecule has 3 nitrogen and oxygen atoms in total. The van der Waals surface area contributed by atoms with Crippen LogP contribution in [0.3, 0.4) is 0 Å². The molecule has 1 aromatic heterocycles. The van der Waals surface area contributed by atoms with Gasteiger partial charge in [0.05, 0.1) is 5.52 Å². The van der Waals surface area contributed by atoms with Gasteiger partial charge in [-0.3, -0.25) is 9.78 Å². The molecule has 0 spiro atoms. The number of rotatable bonds is 2. The molecule has 0 radical (unpaired) electrons. The zero-order valence-electron chi connectivity index (χ0n) is 11.2. The van der Waals surface area contributed by atoms with Gasteiger partial charge >= 0.3 is 0 Å². The number of nitrogens with zero attached hydrogens (tertiary/aromatic N) is 2. The molecule has 1 unspecified atom stereocenters. The van der Waals surface area contributed by atoms with Crippen molar-refractivity contribution in [3.8, 4) is 0 Å². The average molecular weight is 254 g/mol. The molecule has 19 heavy (non-hydrogen) atoms. The topological polar surface area (TPSA) is 33.2 Å². The van der Waals surface area contributed by atoms with Gasteiger partial charge in [-0.1, -0.05) is 18.2 Å². The van der Waals surface area contributed by atoms with Crippen LogP contribution in [0, 0.1) is 5.92 Å². The quantitative estimate of drug-likeness (QED) is 0.825. The van der Waals surface area contributed by atoms with Gasteiger partial charge in [0, 0.05) is 31.6 Å². The summed E-state index contributed by atoms with van der Waals surface area (Å²) in [6.45, 7) is 3.45. The number of likely N-dealkylation sites (tertiary alicyclic amines) is 1. The highest BCUT2D eigenvalue weighted by molar-refractivity contribution is 5.78. The van der Waals surface area contributed by atoms with Crippen molar-refractivity contribution in [1.82, 2.24) is 9.88 Å². The summed E-state index contributed by atoms with van der Waals surface area (Å²) in [5.41, 5.74) is 2.32. The summed E-state index contributed by atoms with van der Waals surface area (Å²) in [7, 11) is 0. The lowest BCUT2D eigenvalue weighted by atomic mass is 9.99. The molecule has 2 aromatic rings. The van der Waals surface area contributed by atoms with Crippen LogP contribution >= 0.6 is 0 Å². The van der Waals surface area contributed by atoms with E-state index < -0.39 is 0 Å². The highest BCUT2D eigenvalue weighted by Crippen LogP contribution is 2.22. The predicted molar refractivity (Wildman–Crippen MR) is 75.8 cm³/mol. The number of hydrogen-bond acceptors (Lipinski definition) is 2. The number of benzene rings is 1. The van der Waals surface area contributed by atoms with Crippen molar-refractivity contribution in [2.75, 3.05) is 13.1 Å². The molecule has 1 aliphatic rings. The second-order valence-electron chi connectivity index (χ2n) is 5.36. The van der Waals surface area contributed by atoms with Crippen molar-refractivity contribution in [3.63, 3.8) is 0 Å². The molecule has 2 heterocycles. The zero-order chi connectivity index (χ0) is 13.2. The Bertz CT molecular complexity index is 608. The van der Waals surface area contributed by atoms with Gasteiger partial charge in [-0.25, -0.2) is 0 Å². The van der Waals surface area contributed by atoms with E-state index in [0.29, 0.717) is 5.92 Å². The Morgan fingerprint density at radius 2 is 2.26 bits per heavy atom. The molecular weight excluding hydrogens is 236 g/mol. The van der Waals surface area contributed by atoms with Crippen molar-refractivity contribution >= 4 is 16.8 Å². The fraction of sp³-hybridized carbons (Fsp3) is 0.375. The summed E-state index contributed by atoms with van der Waals surface area (Å²) in [4.78, 5) is 17.8. The van der Waals surface area contributed by atoms with Crippen LogP contribution in [0.5, 0.6) is 0 Å². The van der Waals surface area contributed by atoms with E-state index in [4.69, 9.17) is 0 Å². The Hall–Kier alpha value is -1.90. The van der Waals surface area contributed by atoms with Gasteiger partial charge in [-0.15, -0.1) is 0 Å². The summed E-state index contributed by atoms with van der Waals surface area (Å²) in [5, 5.41) is 1.20. The van der Waals surface area contributed by atoms with E-state index in [2.05, 4.69) is 17.1 Å². The number of para-hydroxylation sites is 1. The molecule has 0 N–H and O–H groups in total. The molecule has 1 fully saturated rings. The number of carbonyl (C=O) groups excluding carboxylic acids is 1. The van der Waals surface area contributed by atoms with Crippen molar-refractivity contribution in [2.45, 2.75) is 19.8 Å². The van der Waals surface area contributed by atoms with Gasteiger partial charge in [0.1, 0.15) is 0 Å². The fourth-order valence-corrected chi connectivity index (χ4v) is 2.85. The molecule has 3 rings (SSSR count). The van der Waals surface area contributed by atoms with Gasteiger partial charge in [0.2, 0.25) is 5.91 Å². The minimum absolute atomic E-state index is 0.194. The predicted octanol–water partition coefficient (Wildman–Crippen LogP) is 2.65. The number of pyridine rings is 1. The molecule has 0 bridgehead atoms. The third-order valence-electron chi connectivity index (χ3n) is 3.90. The van der Waals surface area contributed by atoms with Crippen molar-refractivity contribution < 1.29 is 4.79 Å². The third-order valence-corrected chi connectivity index (χ3v) is 3.90. The van der Waals surface area contributed by atoms with Crippen molar-refractivity contribution in [2.24, 2.45) is 5.92 Å². The normalized spacial score (nSPS) is 19.0. The van der Waals surface area contributed by atoms with E-state index in [0.717, 1.165) is 31.4 Å². The summed E-state index contributed by atoms with van der Waals surface area (Å²) in [5.74, 6) is 0.769. The van der Waals surface area contributed by atoms with Gasteiger partial charge < -0.3 is 4.90 Å². The lowest BCUT2D eigenvalue weighted by Crippen LogP contribution is -2.26. The Balaban J connectivity index is 1.73. The molecule has 1 amide bonds. The monoisotopic (exact) mass is 254 g/mol. The maximum Gasteiger partial charge on any atom is 0.219 e. The second-order valence-corrected chi connectivity index (χ2v) is 5.36. The van der Waals surface area contributed by atoms with E-state index in [1.54, 1.807) is 6.92 Å². The maximum atomic E-state index is 11.3. The van der Waals surface area contributed by atoms with Crippen LogP contribution in [0.4, 0.5) is 0 Å². The Kier molecular flexibility index (Phi) is 3.20. The molecular formula is C16H18N2O. The van der Waals surface area contributed by atoms with Crippen LogP contribution in [-0.4, -0.2) is 28.9 Å². The second kappa shape index (κ2) is 5.00.